The minimum absolute atomic E-state index is 0.0319. The Morgan fingerprint density at radius 2 is 2.21 bits per heavy atom. The van der Waals surface area contributed by atoms with Gasteiger partial charge in [0.15, 0.2) is 6.61 Å². The molecule has 1 rings (SSSR count). The molecule has 0 aliphatic rings. The number of carbonyl (C=O) groups excluding carboxylic acids is 1. The van der Waals surface area contributed by atoms with Gasteiger partial charge in [0, 0.05) is 18.2 Å². The Morgan fingerprint density at radius 3 is 2.84 bits per heavy atom. The maximum atomic E-state index is 11.7. The summed E-state index contributed by atoms with van der Waals surface area (Å²) in [6.45, 7) is 6.54. The molecule has 19 heavy (non-hydrogen) atoms. The molecule has 4 nitrogen and oxygen atoms in total. The number of amides is 1. The first kappa shape index (κ1) is 15.5. The van der Waals surface area contributed by atoms with Crippen LogP contribution in [0.15, 0.2) is 18.2 Å². The van der Waals surface area contributed by atoms with Gasteiger partial charge in [0.25, 0.3) is 5.91 Å². The number of rotatable bonds is 7. The highest BCUT2D eigenvalue weighted by atomic mass is 16.5. The van der Waals surface area contributed by atoms with Crippen LogP contribution in [-0.2, 0) is 11.3 Å². The van der Waals surface area contributed by atoms with Crippen molar-refractivity contribution in [2.24, 2.45) is 5.73 Å². The normalized spacial score (nSPS) is 12.0. The van der Waals surface area contributed by atoms with Crippen LogP contribution < -0.4 is 15.8 Å². The number of nitrogens with one attached hydrogen (secondary N) is 1. The van der Waals surface area contributed by atoms with Crippen LogP contribution in [0.25, 0.3) is 0 Å². The van der Waals surface area contributed by atoms with Crippen LogP contribution in [0.3, 0.4) is 0 Å². The molecule has 106 valence electrons. The average Bonchev–Trinajstić information content (AvgIpc) is 2.37. The molecule has 1 atom stereocenters. The molecule has 0 radical (unpaired) electrons. The fraction of sp³-hybridized carbons (Fsp3) is 0.533. The van der Waals surface area contributed by atoms with E-state index in [-0.39, 0.29) is 18.6 Å². The zero-order valence-electron chi connectivity index (χ0n) is 12.0. The molecule has 4 heteroatoms. The second-order valence-electron chi connectivity index (χ2n) is 4.86. The van der Waals surface area contributed by atoms with Gasteiger partial charge in [-0.05, 0) is 26.3 Å². The molecular formula is C15H24N2O2. The highest BCUT2D eigenvalue weighted by Crippen LogP contribution is 2.19. The summed E-state index contributed by atoms with van der Waals surface area (Å²) in [7, 11) is 0. The molecule has 1 aromatic carbocycles. The van der Waals surface area contributed by atoms with Gasteiger partial charge in [0.05, 0.1) is 0 Å². The van der Waals surface area contributed by atoms with Gasteiger partial charge in [-0.15, -0.1) is 0 Å². The van der Waals surface area contributed by atoms with Gasteiger partial charge in [-0.3, -0.25) is 4.79 Å². The summed E-state index contributed by atoms with van der Waals surface area (Å²) in [6, 6.07) is 5.98. The Bertz CT molecular complexity index is 419. The van der Waals surface area contributed by atoms with E-state index in [0.29, 0.717) is 12.3 Å². The van der Waals surface area contributed by atoms with Gasteiger partial charge >= 0.3 is 0 Å². The van der Waals surface area contributed by atoms with Crippen molar-refractivity contribution < 1.29 is 9.53 Å². The lowest BCUT2D eigenvalue weighted by molar-refractivity contribution is -0.123. The van der Waals surface area contributed by atoms with Crippen LogP contribution in [0.4, 0.5) is 0 Å². The van der Waals surface area contributed by atoms with E-state index in [1.54, 1.807) is 0 Å². The first-order valence-electron chi connectivity index (χ1n) is 6.78. The summed E-state index contributed by atoms with van der Waals surface area (Å²) in [6.07, 6.45) is 2.03. The summed E-state index contributed by atoms with van der Waals surface area (Å²) in [5.41, 5.74) is 7.72. The number of ether oxygens (including phenoxy) is 1. The minimum Gasteiger partial charge on any atom is -0.483 e. The van der Waals surface area contributed by atoms with Crippen LogP contribution in [0, 0.1) is 6.92 Å². The molecule has 0 heterocycles. The van der Waals surface area contributed by atoms with Gasteiger partial charge in [0.1, 0.15) is 5.75 Å². The third-order valence-corrected chi connectivity index (χ3v) is 2.92. The molecule has 0 fully saturated rings. The lowest BCUT2D eigenvalue weighted by atomic mass is 10.1. The van der Waals surface area contributed by atoms with Gasteiger partial charge in [-0.1, -0.05) is 31.0 Å². The van der Waals surface area contributed by atoms with E-state index >= 15 is 0 Å². The van der Waals surface area contributed by atoms with Crippen molar-refractivity contribution in [3.05, 3.63) is 29.3 Å². The Morgan fingerprint density at radius 1 is 1.47 bits per heavy atom. The predicted octanol–water partition coefficient (Wildman–Crippen LogP) is 2.14. The van der Waals surface area contributed by atoms with Gasteiger partial charge in [0.2, 0.25) is 0 Å². The monoisotopic (exact) mass is 264 g/mol. The third kappa shape index (κ3) is 5.30. The molecule has 1 unspecified atom stereocenters. The highest BCUT2D eigenvalue weighted by molar-refractivity contribution is 5.77. The SMILES string of the molecule is CCCC(C)NC(=O)COc1ccc(C)cc1CN. The van der Waals surface area contributed by atoms with Gasteiger partial charge in [-0.25, -0.2) is 0 Å². The maximum absolute atomic E-state index is 11.7. The summed E-state index contributed by atoms with van der Waals surface area (Å²) in [4.78, 5) is 11.7. The van der Waals surface area contributed by atoms with Crippen LogP contribution >= 0.6 is 0 Å². The second-order valence-corrected chi connectivity index (χ2v) is 4.86. The van der Waals surface area contributed by atoms with Crippen molar-refractivity contribution in [3.63, 3.8) is 0 Å². The molecule has 1 amide bonds. The molecule has 0 aromatic heterocycles. The maximum Gasteiger partial charge on any atom is 0.258 e. The molecule has 3 N–H and O–H groups in total. The molecule has 1 aromatic rings. The summed E-state index contributed by atoms with van der Waals surface area (Å²) in [5.74, 6) is 0.593. The first-order valence-corrected chi connectivity index (χ1v) is 6.78. The van der Waals surface area contributed by atoms with Crippen molar-refractivity contribution in [2.75, 3.05) is 6.61 Å². The number of benzene rings is 1. The molecule has 0 aliphatic heterocycles. The largest absolute Gasteiger partial charge is 0.483 e. The molecular weight excluding hydrogens is 240 g/mol. The van der Waals surface area contributed by atoms with E-state index in [9.17, 15) is 4.79 Å². The lowest BCUT2D eigenvalue weighted by Gasteiger charge is -2.14. The van der Waals surface area contributed by atoms with Gasteiger partial charge in [-0.2, -0.15) is 0 Å². The van der Waals surface area contributed by atoms with Crippen molar-refractivity contribution in [3.8, 4) is 5.75 Å². The lowest BCUT2D eigenvalue weighted by Crippen LogP contribution is -2.36. The van der Waals surface area contributed by atoms with E-state index in [1.165, 1.54) is 0 Å². The average molecular weight is 264 g/mol. The van der Waals surface area contributed by atoms with Gasteiger partial charge < -0.3 is 15.8 Å². The Kier molecular flexibility index (Phi) is 6.36. The van der Waals surface area contributed by atoms with Crippen LogP contribution in [-0.4, -0.2) is 18.6 Å². The van der Waals surface area contributed by atoms with Crippen LogP contribution in [0.2, 0.25) is 0 Å². The standard InChI is InChI=1S/C15H24N2O2/c1-4-5-12(3)17-15(18)10-19-14-7-6-11(2)8-13(14)9-16/h6-8,12H,4-5,9-10,16H2,1-3H3,(H,17,18). The van der Waals surface area contributed by atoms with Crippen molar-refractivity contribution in [1.29, 1.82) is 0 Å². The van der Waals surface area contributed by atoms with E-state index < -0.39 is 0 Å². The van der Waals surface area contributed by atoms with Crippen LogP contribution in [0.5, 0.6) is 5.75 Å². The van der Waals surface area contributed by atoms with Crippen molar-refractivity contribution in [1.82, 2.24) is 5.32 Å². The number of carbonyl (C=O) groups is 1. The quantitative estimate of drug-likeness (QED) is 0.793. The smallest absolute Gasteiger partial charge is 0.258 e. The summed E-state index contributed by atoms with van der Waals surface area (Å²) < 4.78 is 5.53. The minimum atomic E-state index is -0.0931. The van der Waals surface area contributed by atoms with Crippen molar-refractivity contribution >= 4 is 5.91 Å². The van der Waals surface area contributed by atoms with E-state index in [1.807, 2.05) is 32.0 Å². The zero-order chi connectivity index (χ0) is 14.3. The fourth-order valence-corrected chi connectivity index (χ4v) is 1.97. The predicted molar refractivity (Wildman–Crippen MR) is 77.1 cm³/mol. The number of hydrogen-bond acceptors (Lipinski definition) is 3. The molecule has 0 saturated heterocycles. The van der Waals surface area contributed by atoms with E-state index in [0.717, 1.165) is 24.0 Å². The molecule has 0 aliphatic carbocycles. The third-order valence-electron chi connectivity index (χ3n) is 2.92. The van der Waals surface area contributed by atoms with E-state index in [2.05, 4.69) is 12.2 Å². The molecule has 0 spiro atoms. The van der Waals surface area contributed by atoms with Crippen LogP contribution in [0.1, 0.15) is 37.8 Å². The first-order chi connectivity index (χ1) is 9.06. The van der Waals surface area contributed by atoms with E-state index in [4.69, 9.17) is 10.5 Å². The highest BCUT2D eigenvalue weighted by Gasteiger charge is 2.09. The summed E-state index contributed by atoms with van der Waals surface area (Å²) >= 11 is 0. The Balaban J connectivity index is 2.50. The topological polar surface area (TPSA) is 64.3 Å². The number of nitrogens with two attached hydrogens (primary N) is 1. The second kappa shape index (κ2) is 7.79. The Hall–Kier alpha value is -1.55. The Labute approximate surface area is 115 Å². The number of hydrogen-bond donors (Lipinski definition) is 2. The number of aryl methyl sites for hydroxylation is 1. The molecule has 0 bridgehead atoms. The molecule has 0 saturated carbocycles. The zero-order valence-corrected chi connectivity index (χ0v) is 12.0. The van der Waals surface area contributed by atoms with Crippen molar-refractivity contribution in [2.45, 2.75) is 46.2 Å². The fourth-order valence-electron chi connectivity index (χ4n) is 1.97. The summed E-state index contributed by atoms with van der Waals surface area (Å²) in [5, 5.41) is 2.90.